The van der Waals surface area contributed by atoms with Gasteiger partial charge in [0.2, 0.25) is 0 Å². The minimum Gasteiger partial charge on any atom is -0.313 e. The fourth-order valence-electron chi connectivity index (χ4n) is 2.21. The molecule has 0 aromatic rings. The molecular formula is C14H29NS2. The smallest absolute Gasteiger partial charge is 0.0294 e. The van der Waals surface area contributed by atoms with Crippen molar-refractivity contribution < 1.29 is 0 Å². The summed E-state index contributed by atoms with van der Waals surface area (Å²) in [5.41, 5.74) is 0. The van der Waals surface area contributed by atoms with Crippen LogP contribution in [0.2, 0.25) is 0 Å². The molecule has 1 aliphatic rings. The Kier molecular flexibility index (Phi) is 7.36. The Morgan fingerprint density at radius 3 is 2.41 bits per heavy atom. The molecule has 0 aromatic heterocycles. The number of nitrogens with one attached hydrogen (secondary N) is 1. The van der Waals surface area contributed by atoms with Crippen LogP contribution < -0.4 is 5.32 Å². The lowest BCUT2D eigenvalue weighted by molar-refractivity contribution is 0.435. The highest BCUT2D eigenvalue weighted by Gasteiger charge is 2.30. The van der Waals surface area contributed by atoms with Gasteiger partial charge in [0.05, 0.1) is 0 Å². The van der Waals surface area contributed by atoms with Gasteiger partial charge in [0.1, 0.15) is 0 Å². The van der Waals surface area contributed by atoms with Crippen LogP contribution in [0.3, 0.4) is 0 Å². The highest BCUT2D eigenvalue weighted by molar-refractivity contribution is 8.07. The van der Waals surface area contributed by atoms with E-state index in [4.69, 9.17) is 0 Å². The van der Waals surface area contributed by atoms with Crippen LogP contribution >= 0.6 is 23.5 Å². The predicted octanol–water partition coefficient (Wildman–Crippen LogP) is 4.03. The summed E-state index contributed by atoms with van der Waals surface area (Å²) >= 11 is 4.37. The zero-order valence-electron chi connectivity index (χ0n) is 12.0. The minimum absolute atomic E-state index is 0.717. The third-order valence-electron chi connectivity index (χ3n) is 3.54. The molecule has 1 nitrogen and oxygen atoms in total. The molecule has 1 fully saturated rings. The van der Waals surface area contributed by atoms with Gasteiger partial charge in [0, 0.05) is 27.5 Å². The summed E-state index contributed by atoms with van der Waals surface area (Å²) in [6, 6.07) is 0.717. The van der Waals surface area contributed by atoms with Crippen molar-refractivity contribution in [3.63, 3.8) is 0 Å². The molecule has 1 aliphatic heterocycles. The zero-order valence-corrected chi connectivity index (χ0v) is 13.7. The lowest BCUT2D eigenvalue weighted by Gasteiger charge is -2.36. The molecule has 4 atom stereocenters. The number of rotatable bonds is 6. The van der Waals surface area contributed by atoms with Gasteiger partial charge in [-0.25, -0.2) is 0 Å². The first-order valence-electron chi connectivity index (χ1n) is 7.05. The van der Waals surface area contributed by atoms with Crippen molar-refractivity contribution in [2.75, 3.05) is 12.3 Å². The van der Waals surface area contributed by atoms with E-state index >= 15 is 0 Å². The Balaban J connectivity index is 2.45. The van der Waals surface area contributed by atoms with Crippen LogP contribution in [0.4, 0.5) is 0 Å². The number of hydrogen-bond donors (Lipinski definition) is 1. The van der Waals surface area contributed by atoms with Gasteiger partial charge in [-0.2, -0.15) is 23.5 Å². The molecule has 1 rings (SSSR count). The average Bonchev–Trinajstić information content (AvgIpc) is 2.28. The third-order valence-corrected chi connectivity index (χ3v) is 7.10. The first-order valence-corrected chi connectivity index (χ1v) is 9.04. The first-order chi connectivity index (χ1) is 8.04. The minimum atomic E-state index is 0.717. The molecule has 1 saturated heterocycles. The van der Waals surface area contributed by atoms with Crippen molar-refractivity contribution in [2.24, 2.45) is 5.92 Å². The standard InChI is InChI=1S/C14H29NS2/c1-6-15-13(8-7-10(2)3)14-9-16-11(4)12(5)17-14/h10-15H,6-9H2,1-5H3. The van der Waals surface area contributed by atoms with E-state index in [9.17, 15) is 0 Å². The second-order valence-electron chi connectivity index (χ2n) is 5.55. The van der Waals surface area contributed by atoms with E-state index in [1.807, 2.05) is 0 Å². The molecule has 0 amide bonds. The topological polar surface area (TPSA) is 12.0 Å². The lowest BCUT2D eigenvalue weighted by Crippen LogP contribution is -2.43. The van der Waals surface area contributed by atoms with Crippen LogP contribution in [0.25, 0.3) is 0 Å². The lowest BCUT2D eigenvalue weighted by atomic mass is 10.0. The van der Waals surface area contributed by atoms with Gasteiger partial charge in [-0.3, -0.25) is 0 Å². The molecule has 0 bridgehead atoms. The molecule has 0 saturated carbocycles. The average molecular weight is 276 g/mol. The van der Waals surface area contributed by atoms with Crippen LogP contribution in [0.5, 0.6) is 0 Å². The fourth-order valence-corrected chi connectivity index (χ4v) is 5.38. The quantitative estimate of drug-likeness (QED) is 0.786. The molecule has 4 unspecified atom stereocenters. The van der Waals surface area contributed by atoms with Gasteiger partial charge >= 0.3 is 0 Å². The van der Waals surface area contributed by atoms with Gasteiger partial charge in [-0.05, 0) is 25.3 Å². The number of thioether (sulfide) groups is 2. The number of hydrogen-bond acceptors (Lipinski definition) is 3. The summed E-state index contributed by atoms with van der Waals surface area (Å²) in [5.74, 6) is 2.15. The van der Waals surface area contributed by atoms with E-state index in [2.05, 4.69) is 63.5 Å². The summed E-state index contributed by atoms with van der Waals surface area (Å²) in [6.45, 7) is 12.8. The maximum atomic E-state index is 3.71. The summed E-state index contributed by atoms with van der Waals surface area (Å²) in [5, 5.41) is 6.15. The monoisotopic (exact) mass is 275 g/mol. The Labute approximate surface area is 116 Å². The molecule has 0 radical (unpaired) electrons. The first kappa shape index (κ1) is 15.7. The molecule has 0 aliphatic carbocycles. The molecule has 17 heavy (non-hydrogen) atoms. The molecular weight excluding hydrogens is 246 g/mol. The predicted molar refractivity (Wildman–Crippen MR) is 84.3 cm³/mol. The maximum Gasteiger partial charge on any atom is 0.0294 e. The highest BCUT2D eigenvalue weighted by atomic mass is 32.2. The summed E-state index contributed by atoms with van der Waals surface area (Å²) in [7, 11) is 0. The largest absolute Gasteiger partial charge is 0.313 e. The van der Waals surface area contributed by atoms with Gasteiger partial charge < -0.3 is 5.32 Å². The van der Waals surface area contributed by atoms with E-state index in [-0.39, 0.29) is 0 Å². The van der Waals surface area contributed by atoms with Crippen LogP contribution in [0.15, 0.2) is 0 Å². The summed E-state index contributed by atoms with van der Waals surface area (Å²) < 4.78 is 0. The Morgan fingerprint density at radius 1 is 1.18 bits per heavy atom. The molecule has 0 aromatic carbocycles. The molecule has 102 valence electrons. The Bertz CT molecular complexity index is 208. The van der Waals surface area contributed by atoms with E-state index in [1.54, 1.807) is 0 Å². The van der Waals surface area contributed by atoms with Crippen LogP contribution in [-0.4, -0.2) is 34.1 Å². The van der Waals surface area contributed by atoms with Crippen molar-refractivity contribution in [1.82, 2.24) is 5.32 Å². The van der Waals surface area contributed by atoms with E-state index < -0.39 is 0 Å². The van der Waals surface area contributed by atoms with Crippen LogP contribution in [0, 0.1) is 5.92 Å². The van der Waals surface area contributed by atoms with Crippen molar-refractivity contribution >= 4 is 23.5 Å². The van der Waals surface area contributed by atoms with E-state index in [1.165, 1.54) is 18.6 Å². The van der Waals surface area contributed by atoms with Gasteiger partial charge in [-0.15, -0.1) is 0 Å². The van der Waals surface area contributed by atoms with Crippen LogP contribution in [0.1, 0.15) is 47.5 Å². The maximum absolute atomic E-state index is 3.71. The van der Waals surface area contributed by atoms with Gasteiger partial charge in [0.25, 0.3) is 0 Å². The van der Waals surface area contributed by atoms with Crippen molar-refractivity contribution in [1.29, 1.82) is 0 Å². The van der Waals surface area contributed by atoms with E-state index in [0.717, 1.165) is 34.3 Å². The SMILES string of the molecule is CCNC(CCC(C)C)C1CSC(C)C(C)S1. The molecule has 3 heteroatoms. The van der Waals surface area contributed by atoms with Crippen LogP contribution in [-0.2, 0) is 0 Å². The van der Waals surface area contributed by atoms with Crippen molar-refractivity contribution in [3.8, 4) is 0 Å². The molecule has 0 spiro atoms. The summed E-state index contributed by atoms with van der Waals surface area (Å²) in [4.78, 5) is 0. The Morgan fingerprint density at radius 2 is 1.88 bits per heavy atom. The third kappa shape index (κ3) is 5.44. The fraction of sp³-hybridized carbons (Fsp3) is 1.00. The second kappa shape index (κ2) is 7.96. The highest BCUT2D eigenvalue weighted by Crippen LogP contribution is 2.37. The summed E-state index contributed by atoms with van der Waals surface area (Å²) in [6.07, 6.45) is 2.69. The molecule has 1 N–H and O–H groups in total. The zero-order chi connectivity index (χ0) is 12.8. The van der Waals surface area contributed by atoms with Crippen molar-refractivity contribution in [2.45, 2.75) is 69.3 Å². The molecule has 1 heterocycles. The van der Waals surface area contributed by atoms with Gasteiger partial charge in [0.15, 0.2) is 0 Å². The normalized spacial score (nSPS) is 31.8. The Hall–Kier alpha value is 0.660. The van der Waals surface area contributed by atoms with Crippen molar-refractivity contribution in [3.05, 3.63) is 0 Å². The second-order valence-corrected chi connectivity index (χ2v) is 8.58. The van der Waals surface area contributed by atoms with E-state index in [0.29, 0.717) is 0 Å². The van der Waals surface area contributed by atoms with Gasteiger partial charge in [-0.1, -0.05) is 34.6 Å².